The Hall–Kier alpha value is -0.740. The topological polar surface area (TPSA) is 20.2 Å². The minimum Gasteiger partial charge on any atom is -0.379 e. The zero-order chi connectivity index (χ0) is 10.9. The Morgan fingerprint density at radius 2 is 1.93 bits per heavy atom. The van der Waals surface area contributed by atoms with Crippen LogP contribution in [-0.2, 0) is 0 Å². The Bertz CT molecular complexity index is 335. The van der Waals surface area contributed by atoms with Crippen molar-refractivity contribution in [2.75, 3.05) is 0 Å². The lowest BCUT2D eigenvalue weighted by atomic mass is 10.1. The van der Waals surface area contributed by atoms with Crippen molar-refractivity contribution in [1.29, 1.82) is 0 Å². The highest BCUT2D eigenvalue weighted by Crippen LogP contribution is 2.36. The molecule has 78 valence electrons. The molecule has 1 N–H and O–H groups in total. The molecular weight excluding hydrogens is 217 g/mol. The van der Waals surface area contributed by atoms with Gasteiger partial charge in [-0.15, -0.1) is 0 Å². The molecule has 0 aliphatic heterocycles. The van der Waals surface area contributed by atoms with E-state index < -0.39 is 12.3 Å². The standard InChI is InChI=1S/C9H8ClF3O/c1-5-3-2-4-6(7(5)10)8(14)9(11,12)13/h2-4,8,14H,1H3/t8-/m0/s1. The van der Waals surface area contributed by atoms with Crippen LogP contribution >= 0.6 is 11.6 Å². The van der Waals surface area contributed by atoms with Crippen LogP contribution in [0.25, 0.3) is 0 Å². The van der Waals surface area contributed by atoms with Crippen LogP contribution in [0.4, 0.5) is 13.2 Å². The molecule has 0 aliphatic carbocycles. The lowest BCUT2D eigenvalue weighted by molar-refractivity contribution is -0.206. The van der Waals surface area contributed by atoms with Gasteiger partial charge in [0, 0.05) is 10.6 Å². The predicted molar refractivity (Wildman–Crippen MR) is 47.2 cm³/mol. The summed E-state index contributed by atoms with van der Waals surface area (Å²) in [6.07, 6.45) is -7.20. The highest BCUT2D eigenvalue weighted by atomic mass is 35.5. The molecule has 0 aliphatic rings. The summed E-state index contributed by atoms with van der Waals surface area (Å²) in [6.45, 7) is 1.58. The van der Waals surface area contributed by atoms with Crippen LogP contribution in [0.15, 0.2) is 18.2 Å². The van der Waals surface area contributed by atoms with E-state index in [2.05, 4.69) is 0 Å². The number of hydrogen-bond acceptors (Lipinski definition) is 1. The van der Waals surface area contributed by atoms with Gasteiger partial charge in [-0.3, -0.25) is 0 Å². The highest BCUT2D eigenvalue weighted by Gasteiger charge is 2.40. The molecule has 0 fully saturated rings. The summed E-state index contributed by atoms with van der Waals surface area (Å²) in [6, 6.07) is 4.16. The molecular formula is C9H8ClF3O. The summed E-state index contributed by atoms with van der Waals surface area (Å²) in [5, 5.41) is 8.91. The zero-order valence-electron chi connectivity index (χ0n) is 7.27. The summed E-state index contributed by atoms with van der Waals surface area (Å²) in [7, 11) is 0. The van der Waals surface area contributed by atoms with Gasteiger partial charge in [0.1, 0.15) is 0 Å². The highest BCUT2D eigenvalue weighted by molar-refractivity contribution is 6.32. The fourth-order valence-corrected chi connectivity index (χ4v) is 1.29. The van der Waals surface area contributed by atoms with Crippen LogP contribution in [0.1, 0.15) is 17.2 Å². The van der Waals surface area contributed by atoms with Crippen molar-refractivity contribution >= 4 is 11.6 Å². The lowest BCUT2D eigenvalue weighted by Crippen LogP contribution is -2.20. The molecule has 1 nitrogen and oxygen atoms in total. The third-order valence-electron chi connectivity index (χ3n) is 1.83. The average Bonchev–Trinajstić information content (AvgIpc) is 2.07. The summed E-state index contributed by atoms with van der Waals surface area (Å²) < 4.78 is 36.4. The Morgan fingerprint density at radius 3 is 2.43 bits per heavy atom. The quantitative estimate of drug-likeness (QED) is 0.777. The van der Waals surface area contributed by atoms with Gasteiger partial charge in [-0.05, 0) is 12.5 Å². The van der Waals surface area contributed by atoms with Crippen LogP contribution in [0.2, 0.25) is 5.02 Å². The predicted octanol–water partition coefficient (Wildman–Crippen LogP) is 3.24. The molecule has 0 spiro atoms. The molecule has 0 saturated carbocycles. The number of benzene rings is 1. The van der Waals surface area contributed by atoms with Crippen LogP contribution in [0, 0.1) is 6.92 Å². The third kappa shape index (κ3) is 2.19. The number of hydrogen-bond donors (Lipinski definition) is 1. The van der Waals surface area contributed by atoms with Crippen LogP contribution in [-0.4, -0.2) is 11.3 Å². The number of rotatable bonds is 1. The van der Waals surface area contributed by atoms with E-state index in [0.717, 1.165) is 6.07 Å². The molecule has 1 rings (SSSR count). The van der Waals surface area contributed by atoms with E-state index in [9.17, 15) is 13.2 Å². The first-order chi connectivity index (χ1) is 6.34. The maximum Gasteiger partial charge on any atom is 0.418 e. The average molecular weight is 225 g/mol. The first-order valence-corrected chi connectivity index (χ1v) is 4.21. The summed E-state index contributed by atoms with van der Waals surface area (Å²) in [5.41, 5.74) is 0.201. The largest absolute Gasteiger partial charge is 0.418 e. The van der Waals surface area contributed by atoms with Crippen LogP contribution in [0.3, 0.4) is 0 Å². The summed E-state index contributed by atoms with van der Waals surface area (Å²) in [4.78, 5) is 0. The minimum absolute atomic E-state index is 0.0441. The Balaban J connectivity index is 3.14. The molecule has 1 aromatic carbocycles. The molecule has 0 saturated heterocycles. The fraction of sp³-hybridized carbons (Fsp3) is 0.333. The van der Waals surface area contributed by atoms with Gasteiger partial charge in [0.2, 0.25) is 0 Å². The van der Waals surface area contributed by atoms with Gasteiger partial charge < -0.3 is 5.11 Å². The molecule has 1 atom stereocenters. The SMILES string of the molecule is Cc1cccc([C@H](O)C(F)(F)F)c1Cl. The van der Waals surface area contributed by atoms with E-state index >= 15 is 0 Å². The first kappa shape index (κ1) is 11.3. The van der Waals surface area contributed by atoms with Crippen molar-refractivity contribution in [3.05, 3.63) is 34.3 Å². The smallest absolute Gasteiger partial charge is 0.379 e. The van der Waals surface area contributed by atoms with E-state index in [1.54, 1.807) is 13.0 Å². The molecule has 0 amide bonds. The number of alkyl halides is 3. The van der Waals surface area contributed by atoms with Crippen molar-refractivity contribution in [3.8, 4) is 0 Å². The normalized spacial score (nSPS) is 14.1. The summed E-state index contributed by atoms with van der Waals surface area (Å²) in [5.74, 6) is 0. The van der Waals surface area contributed by atoms with E-state index in [-0.39, 0.29) is 10.6 Å². The second kappa shape index (κ2) is 3.79. The van der Waals surface area contributed by atoms with Gasteiger partial charge in [0.25, 0.3) is 0 Å². The van der Waals surface area contributed by atoms with Gasteiger partial charge in [0.05, 0.1) is 0 Å². The molecule has 0 heterocycles. The third-order valence-corrected chi connectivity index (χ3v) is 2.34. The lowest BCUT2D eigenvalue weighted by Gasteiger charge is -2.16. The monoisotopic (exact) mass is 224 g/mol. The number of aliphatic hydroxyl groups is 1. The van der Waals surface area contributed by atoms with Crippen LogP contribution in [0.5, 0.6) is 0 Å². The zero-order valence-corrected chi connectivity index (χ0v) is 8.02. The van der Waals surface area contributed by atoms with E-state index in [1.165, 1.54) is 6.07 Å². The van der Waals surface area contributed by atoms with Gasteiger partial charge in [-0.2, -0.15) is 13.2 Å². The molecule has 0 aromatic heterocycles. The fourth-order valence-electron chi connectivity index (χ4n) is 1.06. The van der Waals surface area contributed by atoms with Crippen molar-refractivity contribution in [2.45, 2.75) is 19.2 Å². The maximum absolute atomic E-state index is 12.1. The van der Waals surface area contributed by atoms with Crippen molar-refractivity contribution < 1.29 is 18.3 Å². The van der Waals surface area contributed by atoms with Crippen molar-refractivity contribution in [3.63, 3.8) is 0 Å². The van der Waals surface area contributed by atoms with Gasteiger partial charge in [-0.25, -0.2) is 0 Å². The van der Waals surface area contributed by atoms with Crippen molar-refractivity contribution in [2.24, 2.45) is 0 Å². The first-order valence-electron chi connectivity index (χ1n) is 3.84. The second-order valence-corrected chi connectivity index (χ2v) is 3.30. The van der Waals surface area contributed by atoms with Crippen LogP contribution < -0.4 is 0 Å². The maximum atomic E-state index is 12.1. The van der Waals surface area contributed by atoms with Gasteiger partial charge in [-0.1, -0.05) is 29.8 Å². The van der Waals surface area contributed by atoms with Gasteiger partial charge >= 0.3 is 6.18 Å². The molecule has 0 radical (unpaired) electrons. The molecule has 5 heteroatoms. The van der Waals surface area contributed by atoms with Gasteiger partial charge in [0.15, 0.2) is 6.10 Å². The number of aryl methyl sites for hydroxylation is 1. The van der Waals surface area contributed by atoms with Crippen molar-refractivity contribution in [1.82, 2.24) is 0 Å². The van der Waals surface area contributed by atoms with E-state index in [1.807, 2.05) is 0 Å². The number of halogens is 4. The Morgan fingerprint density at radius 1 is 1.36 bits per heavy atom. The number of aliphatic hydroxyl groups excluding tert-OH is 1. The Kier molecular flexibility index (Phi) is 3.07. The molecule has 0 bridgehead atoms. The van der Waals surface area contributed by atoms with E-state index in [4.69, 9.17) is 16.7 Å². The molecule has 1 aromatic rings. The summed E-state index contributed by atoms with van der Waals surface area (Å²) >= 11 is 5.63. The minimum atomic E-state index is -4.68. The van der Waals surface area contributed by atoms with E-state index in [0.29, 0.717) is 5.56 Å². The molecule has 14 heavy (non-hydrogen) atoms. The second-order valence-electron chi connectivity index (χ2n) is 2.92. The molecule has 0 unspecified atom stereocenters. The Labute approximate surface area is 84.1 Å².